The fourth-order valence-corrected chi connectivity index (χ4v) is 0.975. The van der Waals surface area contributed by atoms with E-state index in [-0.39, 0.29) is 5.92 Å². The van der Waals surface area contributed by atoms with Gasteiger partial charge in [0.2, 0.25) is 0 Å². The molecule has 1 unspecified atom stereocenters. The van der Waals surface area contributed by atoms with Gasteiger partial charge in [0.05, 0.1) is 0 Å². The number of hydrazine groups is 1. The standard InChI is InChI=1S/C7H16N4O2/c1-4(2)3-5(6(12)11-9)10-7(8)13/h4-5H,3,9H2,1-2H3,(H,11,12)(H3,8,10,13). The Kier molecular flexibility index (Phi) is 4.83. The van der Waals surface area contributed by atoms with Gasteiger partial charge < -0.3 is 11.1 Å². The predicted molar refractivity (Wildman–Crippen MR) is 48.3 cm³/mol. The lowest BCUT2D eigenvalue weighted by molar-refractivity contribution is -0.123. The summed E-state index contributed by atoms with van der Waals surface area (Å²) in [6, 6.07) is -1.38. The molecule has 0 aromatic carbocycles. The Labute approximate surface area is 77.0 Å². The molecular weight excluding hydrogens is 172 g/mol. The molecule has 0 aromatic heterocycles. The summed E-state index contributed by atoms with van der Waals surface area (Å²) in [5.41, 5.74) is 6.86. The van der Waals surface area contributed by atoms with Gasteiger partial charge >= 0.3 is 6.03 Å². The molecule has 6 N–H and O–H groups in total. The number of nitrogens with one attached hydrogen (secondary N) is 2. The zero-order chi connectivity index (χ0) is 10.4. The molecule has 0 saturated heterocycles. The number of nitrogens with two attached hydrogens (primary N) is 2. The van der Waals surface area contributed by atoms with Gasteiger partial charge in [-0.15, -0.1) is 0 Å². The summed E-state index contributed by atoms with van der Waals surface area (Å²) in [5, 5.41) is 2.31. The van der Waals surface area contributed by atoms with Gasteiger partial charge in [-0.2, -0.15) is 0 Å². The Morgan fingerprint density at radius 3 is 2.23 bits per heavy atom. The average molecular weight is 188 g/mol. The summed E-state index contributed by atoms with van der Waals surface area (Å²) < 4.78 is 0. The van der Waals surface area contributed by atoms with E-state index >= 15 is 0 Å². The minimum Gasteiger partial charge on any atom is -0.352 e. The van der Waals surface area contributed by atoms with Crippen molar-refractivity contribution in [1.82, 2.24) is 10.7 Å². The summed E-state index contributed by atoms with van der Waals surface area (Å²) in [7, 11) is 0. The fraction of sp³-hybridized carbons (Fsp3) is 0.714. The fourth-order valence-electron chi connectivity index (χ4n) is 0.975. The molecule has 0 spiro atoms. The van der Waals surface area contributed by atoms with Crippen LogP contribution in [0.5, 0.6) is 0 Å². The molecule has 0 rings (SSSR count). The van der Waals surface area contributed by atoms with Gasteiger partial charge in [0, 0.05) is 0 Å². The highest BCUT2D eigenvalue weighted by Gasteiger charge is 2.19. The van der Waals surface area contributed by atoms with Crippen molar-refractivity contribution >= 4 is 11.9 Å². The van der Waals surface area contributed by atoms with Gasteiger partial charge in [-0.25, -0.2) is 10.6 Å². The number of primary amides is 1. The lowest BCUT2D eigenvalue weighted by atomic mass is 10.0. The Hall–Kier alpha value is -1.30. The Bertz CT molecular complexity index is 193. The van der Waals surface area contributed by atoms with E-state index in [1.54, 1.807) is 0 Å². The van der Waals surface area contributed by atoms with E-state index in [4.69, 9.17) is 11.6 Å². The highest BCUT2D eigenvalue weighted by molar-refractivity contribution is 5.86. The first-order valence-electron chi connectivity index (χ1n) is 4.03. The van der Waals surface area contributed by atoms with Gasteiger partial charge in [0.25, 0.3) is 5.91 Å². The van der Waals surface area contributed by atoms with Crippen LogP contribution < -0.4 is 22.3 Å². The van der Waals surface area contributed by atoms with Crippen molar-refractivity contribution in [2.45, 2.75) is 26.3 Å². The smallest absolute Gasteiger partial charge is 0.312 e. The summed E-state index contributed by atoms with van der Waals surface area (Å²) in [6.45, 7) is 3.86. The molecule has 6 heteroatoms. The second kappa shape index (κ2) is 5.36. The van der Waals surface area contributed by atoms with Crippen molar-refractivity contribution in [3.05, 3.63) is 0 Å². The molecule has 1 atom stereocenters. The van der Waals surface area contributed by atoms with E-state index < -0.39 is 18.0 Å². The van der Waals surface area contributed by atoms with E-state index in [1.165, 1.54) is 0 Å². The van der Waals surface area contributed by atoms with Crippen LogP contribution >= 0.6 is 0 Å². The molecule has 0 fully saturated rings. The number of carbonyl (C=O) groups excluding carboxylic acids is 2. The summed E-state index contributed by atoms with van der Waals surface area (Å²) >= 11 is 0. The van der Waals surface area contributed by atoms with Crippen LogP contribution in [0.2, 0.25) is 0 Å². The van der Waals surface area contributed by atoms with Gasteiger partial charge in [0.15, 0.2) is 0 Å². The number of urea groups is 1. The van der Waals surface area contributed by atoms with Crippen LogP contribution in [-0.4, -0.2) is 18.0 Å². The number of amides is 3. The molecule has 0 aliphatic heterocycles. The van der Waals surface area contributed by atoms with Crippen LogP contribution in [0.4, 0.5) is 4.79 Å². The lowest BCUT2D eigenvalue weighted by Gasteiger charge is -2.17. The molecule has 3 amide bonds. The third-order valence-electron chi connectivity index (χ3n) is 1.48. The normalized spacial score (nSPS) is 12.3. The number of carbonyl (C=O) groups is 2. The largest absolute Gasteiger partial charge is 0.352 e. The van der Waals surface area contributed by atoms with Crippen molar-refractivity contribution in [1.29, 1.82) is 0 Å². The zero-order valence-electron chi connectivity index (χ0n) is 7.83. The van der Waals surface area contributed by atoms with E-state index in [0.717, 1.165) is 0 Å². The molecule has 6 nitrogen and oxygen atoms in total. The molecule has 0 aromatic rings. The summed E-state index contributed by atoms with van der Waals surface area (Å²) in [6.07, 6.45) is 0.506. The van der Waals surface area contributed by atoms with E-state index in [1.807, 2.05) is 19.3 Å². The highest BCUT2D eigenvalue weighted by atomic mass is 16.2. The quantitative estimate of drug-likeness (QED) is 0.259. The molecule has 13 heavy (non-hydrogen) atoms. The second-order valence-corrected chi connectivity index (χ2v) is 3.20. The van der Waals surface area contributed by atoms with E-state index in [2.05, 4.69) is 5.32 Å². The Morgan fingerprint density at radius 2 is 1.92 bits per heavy atom. The van der Waals surface area contributed by atoms with Crippen molar-refractivity contribution in [2.75, 3.05) is 0 Å². The Morgan fingerprint density at radius 1 is 1.38 bits per heavy atom. The minimum atomic E-state index is -0.728. The zero-order valence-corrected chi connectivity index (χ0v) is 7.83. The van der Waals surface area contributed by atoms with Gasteiger partial charge in [-0.3, -0.25) is 10.2 Å². The number of hydrogen-bond donors (Lipinski definition) is 4. The van der Waals surface area contributed by atoms with E-state index in [0.29, 0.717) is 6.42 Å². The maximum atomic E-state index is 11.1. The third kappa shape index (κ3) is 5.02. The van der Waals surface area contributed by atoms with Crippen molar-refractivity contribution in [2.24, 2.45) is 17.5 Å². The first-order chi connectivity index (χ1) is 5.97. The molecule has 0 aliphatic rings. The number of rotatable bonds is 4. The second-order valence-electron chi connectivity index (χ2n) is 3.20. The predicted octanol–water partition coefficient (Wildman–Crippen LogP) is -0.941. The maximum Gasteiger partial charge on any atom is 0.312 e. The monoisotopic (exact) mass is 188 g/mol. The molecule has 0 aliphatic carbocycles. The van der Waals surface area contributed by atoms with Crippen LogP contribution in [0, 0.1) is 5.92 Å². The minimum absolute atomic E-state index is 0.272. The van der Waals surface area contributed by atoms with E-state index in [9.17, 15) is 9.59 Å². The topological polar surface area (TPSA) is 110 Å². The molecule has 0 bridgehead atoms. The first kappa shape index (κ1) is 11.7. The van der Waals surface area contributed by atoms with Crippen molar-refractivity contribution in [3.63, 3.8) is 0 Å². The lowest BCUT2D eigenvalue weighted by Crippen LogP contribution is -2.50. The van der Waals surface area contributed by atoms with Crippen LogP contribution in [0.3, 0.4) is 0 Å². The van der Waals surface area contributed by atoms with Crippen LogP contribution in [0.25, 0.3) is 0 Å². The Balaban J connectivity index is 4.18. The SMILES string of the molecule is CC(C)CC(NC(N)=O)C(=O)NN. The molecular formula is C7H16N4O2. The molecule has 0 heterocycles. The van der Waals surface area contributed by atoms with Gasteiger partial charge in [-0.1, -0.05) is 13.8 Å². The van der Waals surface area contributed by atoms with Crippen LogP contribution in [0.15, 0.2) is 0 Å². The van der Waals surface area contributed by atoms with Gasteiger partial charge in [0.1, 0.15) is 6.04 Å². The highest BCUT2D eigenvalue weighted by Crippen LogP contribution is 2.04. The third-order valence-corrected chi connectivity index (χ3v) is 1.48. The molecule has 0 radical (unpaired) electrons. The first-order valence-corrected chi connectivity index (χ1v) is 4.03. The molecule has 76 valence electrons. The van der Waals surface area contributed by atoms with Gasteiger partial charge in [-0.05, 0) is 12.3 Å². The maximum absolute atomic E-state index is 11.1. The van der Waals surface area contributed by atoms with Crippen molar-refractivity contribution in [3.8, 4) is 0 Å². The average Bonchev–Trinajstić information content (AvgIpc) is 2.00. The van der Waals surface area contributed by atoms with Crippen molar-refractivity contribution < 1.29 is 9.59 Å². The summed E-state index contributed by atoms with van der Waals surface area (Å²) in [5.74, 6) is 4.77. The van der Waals surface area contributed by atoms with Crippen LogP contribution in [0.1, 0.15) is 20.3 Å². The summed E-state index contributed by atoms with van der Waals surface area (Å²) in [4.78, 5) is 21.6. The van der Waals surface area contributed by atoms with Crippen LogP contribution in [-0.2, 0) is 4.79 Å². The number of hydrogen-bond acceptors (Lipinski definition) is 3. The molecule has 0 saturated carbocycles.